The smallest absolute Gasteiger partial charge is 0.0699 e. The maximum atomic E-state index is 8.98. The van der Waals surface area contributed by atoms with Crippen LogP contribution in [0, 0.1) is 6.42 Å². The lowest BCUT2D eigenvalue weighted by Crippen LogP contribution is -2.35. The van der Waals surface area contributed by atoms with Crippen molar-refractivity contribution in [2.75, 3.05) is 20.1 Å². The maximum Gasteiger partial charge on any atom is 0.0699 e. The second-order valence-electron chi connectivity index (χ2n) is 2.35. The first kappa shape index (κ1) is 6.05. The lowest BCUT2D eigenvalue weighted by atomic mass is 10.1. The first-order valence-electron chi connectivity index (χ1n) is 2.99. The molecule has 1 heterocycles. The van der Waals surface area contributed by atoms with Gasteiger partial charge in [-0.2, -0.15) is 0 Å². The second-order valence-corrected chi connectivity index (χ2v) is 2.35. The summed E-state index contributed by atoms with van der Waals surface area (Å²) in [6.45, 7) is 1.90. The number of aliphatic hydroxyl groups is 1. The van der Waals surface area contributed by atoms with Crippen molar-refractivity contribution in [3.8, 4) is 0 Å². The Morgan fingerprint density at radius 2 is 2.50 bits per heavy atom. The quantitative estimate of drug-likeness (QED) is 0.475. The predicted molar refractivity (Wildman–Crippen MR) is 32.4 cm³/mol. The molecule has 0 aliphatic carbocycles. The third kappa shape index (κ3) is 1.46. The van der Waals surface area contributed by atoms with Crippen molar-refractivity contribution in [1.29, 1.82) is 0 Å². The van der Waals surface area contributed by atoms with Crippen molar-refractivity contribution < 1.29 is 5.11 Å². The zero-order chi connectivity index (χ0) is 5.98. The number of aliphatic hydroxyl groups excluding tert-OH is 1. The summed E-state index contributed by atoms with van der Waals surface area (Å²) in [5, 5.41) is 8.98. The number of nitrogens with zero attached hydrogens (tertiary/aromatic N) is 1. The van der Waals surface area contributed by atoms with E-state index in [1.807, 2.05) is 13.5 Å². The van der Waals surface area contributed by atoms with Crippen LogP contribution in [0.2, 0.25) is 0 Å². The lowest BCUT2D eigenvalue weighted by molar-refractivity contribution is 0.124. The van der Waals surface area contributed by atoms with Gasteiger partial charge in [0.1, 0.15) is 0 Å². The average Bonchev–Trinajstić information content (AvgIpc) is 1.64. The van der Waals surface area contributed by atoms with Crippen LogP contribution < -0.4 is 0 Å². The monoisotopic (exact) mass is 114 g/mol. The van der Waals surface area contributed by atoms with Crippen molar-refractivity contribution >= 4 is 0 Å². The molecule has 1 radical (unpaired) electrons. The lowest BCUT2D eigenvalue weighted by Gasteiger charge is -2.25. The highest BCUT2D eigenvalue weighted by atomic mass is 16.3. The number of hydrogen-bond acceptors (Lipinski definition) is 2. The molecule has 0 spiro atoms. The summed E-state index contributed by atoms with van der Waals surface area (Å²) >= 11 is 0. The predicted octanol–water partition coefficient (Wildman–Crippen LogP) is -0.113. The van der Waals surface area contributed by atoms with Crippen molar-refractivity contribution in [3.63, 3.8) is 0 Å². The van der Waals surface area contributed by atoms with Gasteiger partial charge in [0.15, 0.2) is 0 Å². The summed E-state index contributed by atoms with van der Waals surface area (Å²) in [6.07, 6.45) is 2.80. The number of rotatable bonds is 0. The van der Waals surface area contributed by atoms with E-state index in [1.165, 1.54) is 0 Å². The largest absolute Gasteiger partial charge is 0.391 e. The Hall–Kier alpha value is -0.0800. The molecular formula is C6H12NO. The molecule has 0 aromatic rings. The summed E-state index contributed by atoms with van der Waals surface area (Å²) in [7, 11) is 2.02. The molecule has 0 amide bonds. The molecule has 8 heavy (non-hydrogen) atoms. The van der Waals surface area contributed by atoms with E-state index in [4.69, 9.17) is 5.11 Å². The summed E-state index contributed by atoms with van der Waals surface area (Å²) < 4.78 is 0. The molecule has 2 heteroatoms. The average molecular weight is 114 g/mol. The molecule has 0 saturated carbocycles. The van der Waals surface area contributed by atoms with Gasteiger partial charge in [0, 0.05) is 6.54 Å². The van der Waals surface area contributed by atoms with E-state index in [0.717, 1.165) is 19.5 Å². The summed E-state index contributed by atoms with van der Waals surface area (Å²) in [6, 6.07) is 0. The van der Waals surface area contributed by atoms with E-state index in [-0.39, 0.29) is 6.10 Å². The van der Waals surface area contributed by atoms with Crippen LogP contribution in [0.15, 0.2) is 0 Å². The van der Waals surface area contributed by atoms with Crippen molar-refractivity contribution in [3.05, 3.63) is 6.42 Å². The van der Waals surface area contributed by atoms with Crippen LogP contribution in [0.5, 0.6) is 0 Å². The fourth-order valence-electron chi connectivity index (χ4n) is 0.972. The van der Waals surface area contributed by atoms with Crippen molar-refractivity contribution in [2.45, 2.75) is 12.5 Å². The van der Waals surface area contributed by atoms with Crippen LogP contribution in [-0.2, 0) is 0 Å². The molecular weight excluding hydrogens is 102 g/mol. The van der Waals surface area contributed by atoms with E-state index < -0.39 is 0 Å². The molecule has 1 fully saturated rings. The van der Waals surface area contributed by atoms with Crippen LogP contribution in [0.25, 0.3) is 0 Å². The van der Waals surface area contributed by atoms with Gasteiger partial charge in [-0.1, -0.05) is 0 Å². The van der Waals surface area contributed by atoms with Gasteiger partial charge in [-0.05, 0) is 26.4 Å². The third-order valence-electron chi connectivity index (χ3n) is 1.45. The third-order valence-corrected chi connectivity index (χ3v) is 1.45. The SMILES string of the molecule is CN1CC[CH]C(O)C1. The van der Waals surface area contributed by atoms with E-state index in [9.17, 15) is 0 Å². The molecule has 1 aliphatic rings. The fourth-order valence-corrected chi connectivity index (χ4v) is 0.972. The number of likely N-dealkylation sites (tertiary alicyclic amines) is 1. The van der Waals surface area contributed by atoms with Crippen LogP contribution in [0.4, 0.5) is 0 Å². The minimum Gasteiger partial charge on any atom is -0.391 e. The van der Waals surface area contributed by atoms with E-state index in [1.54, 1.807) is 0 Å². The van der Waals surface area contributed by atoms with Gasteiger partial charge in [0.05, 0.1) is 6.10 Å². The van der Waals surface area contributed by atoms with Gasteiger partial charge in [0.25, 0.3) is 0 Å². The Kier molecular flexibility index (Phi) is 1.86. The molecule has 47 valence electrons. The zero-order valence-corrected chi connectivity index (χ0v) is 5.17. The number of hydrogen-bond donors (Lipinski definition) is 1. The minimum atomic E-state index is -0.186. The molecule has 2 nitrogen and oxygen atoms in total. The first-order valence-corrected chi connectivity index (χ1v) is 2.99. The summed E-state index contributed by atoms with van der Waals surface area (Å²) in [5.74, 6) is 0. The van der Waals surface area contributed by atoms with Gasteiger partial charge in [-0.3, -0.25) is 0 Å². The van der Waals surface area contributed by atoms with E-state index >= 15 is 0 Å². The first-order chi connectivity index (χ1) is 3.79. The molecule has 1 saturated heterocycles. The van der Waals surface area contributed by atoms with Crippen LogP contribution in [0.1, 0.15) is 6.42 Å². The van der Waals surface area contributed by atoms with E-state index in [2.05, 4.69) is 4.90 Å². The summed E-state index contributed by atoms with van der Waals surface area (Å²) in [4.78, 5) is 2.13. The molecule has 0 aromatic carbocycles. The normalized spacial score (nSPS) is 33.0. The molecule has 0 aromatic heterocycles. The van der Waals surface area contributed by atoms with Gasteiger partial charge < -0.3 is 10.0 Å². The Bertz CT molecular complexity index is 66.9. The Morgan fingerprint density at radius 1 is 1.75 bits per heavy atom. The highest BCUT2D eigenvalue weighted by Gasteiger charge is 2.13. The fraction of sp³-hybridized carbons (Fsp3) is 0.833. The highest BCUT2D eigenvalue weighted by molar-refractivity contribution is 4.83. The molecule has 1 rings (SSSR count). The summed E-state index contributed by atoms with van der Waals surface area (Å²) in [5.41, 5.74) is 0. The number of β-amino-alcohol motifs (C(OH)–C–C–N with tert-alkyl or cyclic N) is 1. The minimum absolute atomic E-state index is 0.186. The molecule has 1 aliphatic heterocycles. The van der Waals surface area contributed by atoms with Crippen LogP contribution in [-0.4, -0.2) is 36.2 Å². The van der Waals surface area contributed by atoms with Gasteiger partial charge >= 0.3 is 0 Å². The molecule has 0 bridgehead atoms. The standard InChI is InChI=1S/C6H12NO/c1-7-4-2-3-6(8)5-7/h3,6,8H,2,4-5H2,1H3. The van der Waals surface area contributed by atoms with Crippen molar-refractivity contribution in [2.24, 2.45) is 0 Å². The zero-order valence-electron chi connectivity index (χ0n) is 5.17. The molecule has 1 atom stereocenters. The van der Waals surface area contributed by atoms with Gasteiger partial charge in [-0.25, -0.2) is 0 Å². The maximum absolute atomic E-state index is 8.98. The number of likely N-dealkylation sites (N-methyl/N-ethyl adjacent to an activating group) is 1. The van der Waals surface area contributed by atoms with Crippen LogP contribution >= 0.6 is 0 Å². The molecule has 1 N–H and O–H groups in total. The Balaban J connectivity index is 2.23. The highest BCUT2D eigenvalue weighted by Crippen LogP contribution is 2.04. The Labute approximate surface area is 50.1 Å². The van der Waals surface area contributed by atoms with Gasteiger partial charge in [0.2, 0.25) is 0 Å². The Morgan fingerprint density at radius 3 is 2.88 bits per heavy atom. The van der Waals surface area contributed by atoms with E-state index in [0.29, 0.717) is 0 Å². The van der Waals surface area contributed by atoms with Crippen LogP contribution in [0.3, 0.4) is 0 Å². The number of piperidine rings is 1. The molecule has 1 unspecified atom stereocenters. The van der Waals surface area contributed by atoms with Crippen molar-refractivity contribution in [1.82, 2.24) is 4.90 Å². The topological polar surface area (TPSA) is 23.5 Å². The second kappa shape index (κ2) is 2.46. The van der Waals surface area contributed by atoms with Gasteiger partial charge in [-0.15, -0.1) is 0 Å².